The van der Waals surface area contributed by atoms with Crippen molar-refractivity contribution in [1.29, 1.82) is 0 Å². The molecular weight excluding hydrogens is 188 g/mol. The zero-order valence-corrected chi connectivity index (χ0v) is 9.59. The number of hydrazine groups is 1. The molecule has 1 fully saturated rings. The molecule has 0 aromatic heterocycles. The van der Waals surface area contributed by atoms with Crippen LogP contribution < -0.4 is 11.3 Å². The third-order valence-electron chi connectivity index (χ3n) is 2.85. The summed E-state index contributed by atoms with van der Waals surface area (Å²) in [6.45, 7) is 2.78. The second kappa shape index (κ2) is 7.70. The van der Waals surface area contributed by atoms with E-state index in [1.165, 1.54) is 19.3 Å². The summed E-state index contributed by atoms with van der Waals surface area (Å²) in [5, 5.41) is 0. The van der Waals surface area contributed by atoms with Gasteiger partial charge in [0.25, 0.3) is 0 Å². The second-order valence-electron chi connectivity index (χ2n) is 4.05. The summed E-state index contributed by atoms with van der Waals surface area (Å²) in [7, 11) is 0. The van der Waals surface area contributed by atoms with Gasteiger partial charge in [-0.15, -0.1) is 11.8 Å². The third-order valence-corrected chi connectivity index (χ3v) is 2.85. The summed E-state index contributed by atoms with van der Waals surface area (Å²) in [6, 6.07) is 0.342. The van der Waals surface area contributed by atoms with Crippen molar-refractivity contribution >= 4 is 0 Å². The highest BCUT2D eigenvalue weighted by Gasteiger charge is 2.18. The fourth-order valence-corrected chi connectivity index (χ4v) is 1.95. The predicted molar refractivity (Wildman–Crippen MR) is 62.0 cm³/mol. The summed E-state index contributed by atoms with van der Waals surface area (Å²) < 4.78 is 5.68. The van der Waals surface area contributed by atoms with E-state index in [0.29, 0.717) is 12.1 Å². The van der Waals surface area contributed by atoms with Crippen molar-refractivity contribution < 1.29 is 4.74 Å². The molecule has 0 spiro atoms. The highest BCUT2D eigenvalue weighted by molar-refractivity contribution is 4.95. The lowest BCUT2D eigenvalue weighted by Crippen LogP contribution is -2.38. The number of nitrogens with one attached hydrogen (secondary N) is 1. The van der Waals surface area contributed by atoms with Crippen molar-refractivity contribution in [1.82, 2.24) is 5.43 Å². The number of rotatable bonds is 5. The highest BCUT2D eigenvalue weighted by Crippen LogP contribution is 2.18. The Bertz CT molecular complexity index is 213. The lowest BCUT2D eigenvalue weighted by molar-refractivity contribution is 0.00479. The van der Waals surface area contributed by atoms with Crippen molar-refractivity contribution in [2.24, 2.45) is 5.84 Å². The van der Waals surface area contributed by atoms with Gasteiger partial charge in [0, 0.05) is 19.1 Å². The summed E-state index contributed by atoms with van der Waals surface area (Å²) >= 11 is 0. The van der Waals surface area contributed by atoms with Crippen LogP contribution in [0, 0.1) is 11.8 Å². The smallest absolute Gasteiger partial charge is 0.0590 e. The first-order chi connectivity index (χ1) is 7.36. The number of hydrogen-bond donors (Lipinski definition) is 2. The standard InChI is InChI=1S/C12H22N2O/c1-2-3-4-7-11(14-13)10-12-8-5-6-9-15-12/h11-12,14H,4-10,13H2,1H3. The van der Waals surface area contributed by atoms with E-state index in [-0.39, 0.29) is 0 Å². The second-order valence-corrected chi connectivity index (χ2v) is 4.05. The van der Waals surface area contributed by atoms with E-state index in [0.717, 1.165) is 25.9 Å². The minimum absolute atomic E-state index is 0.342. The van der Waals surface area contributed by atoms with Crippen molar-refractivity contribution in [3.63, 3.8) is 0 Å². The quantitative estimate of drug-likeness (QED) is 0.411. The summed E-state index contributed by atoms with van der Waals surface area (Å²) in [5.41, 5.74) is 2.86. The normalized spacial score (nSPS) is 22.9. The maximum Gasteiger partial charge on any atom is 0.0590 e. The zero-order chi connectivity index (χ0) is 10.9. The van der Waals surface area contributed by atoms with Crippen LogP contribution in [-0.4, -0.2) is 18.8 Å². The Morgan fingerprint density at radius 2 is 2.40 bits per heavy atom. The Kier molecular flexibility index (Phi) is 6.42. The van der Waals surface area contributed by atoms with Crippen molar-refractivity contribution in [3.05, 3.63) is 0 Å². The average molecular weight is 210 g/mol. The molecule has 0 saturated carbocycles. The van der Waals surface area contributed by atoms with Crippen LogP contribution in [0.5, 0.6) is 0 Å². The Morgan fingerprint density at radius 1 is 1.53 bits per heavy atom. The molecule has 3 nitrogen and oxygen atoms in total. The van der Waals surface area contributed by atoms with E-state index in [1.54, 1.807) is 0 Å². The van der Waals surface area contributed by atoms with E-state index >= 15 is 0 Å². The lowest BCUT2D eigenvalue weighted by atomic mass is 9.99. The van der Waals surface area contributed by atoms with Crippen LogP contribution in [0.1, 0.15) is 45.4 Å². The van der Waals surface area contributed by atoms with Crippen LogP contribution in [0.25, 0.3) is 0 Å². The van der Waals surface area contributed by atoms with Crippen molar-refractivity contribution in [2.45, 2.75) is 57.6 Å². The number of ether oxygens (including phenoxy) is 1. The average Bonchev–Trinajstić information content (AvgIpc) is 2.29. The van der Waals surface area contributed by atoms with Crippen LogP contribution in [0.3, 0.4) is 0 Å². The molecule has 0 aliphatic carbocycles. The molecule has 0 radical (unpaired) electrons. The van der Waals surface area contributed by atoms with Gasteiger partial charge in [0.2, 0.25) is 0 Å². The van der Waals surface area contributed by atoms with Gasteiger partial charge in [-0.05, 0) is 39.0 Å². The number of nitrogens with two attached hydrogens (primary N) is 1. The van der Waals surface area contributed by atoms with Gasteiger partial charge in [0.1, 0.15) is 0 Å². The van der Waals surface area contributed by atoms with E-state index in [4.69, 9.17) is 10.6 Å². The molecule has 3 heteroatoms. The van der Waals surface area contributed by atoms with Gasteiger partial charge < -0.3 is 4.74 Å². The molecule has 1 rings (SSSR count). The van der Waals surface area contributed by atoms with E-state index in [2.05, 4.69) is 17.3 Å². The van der Waals surface area contributed by atoms with E-state index in [9.17, 15) is 0 Å². The molecule has 0 aromatic rings. The van der Waals surface area contributed by atoms with Crippen LogP contribution >= 0.6 is 0 Å². The maximum absolute atomic E-state index is 5.68. The SMILES string of the molecule is CC#CCCC(CC1CCCCO1)NN. The van der Waals surface area contributed by atoms with Gasteiger partial charge in [-0.25, -0.2) is 0 Å². The Hall–Kier alpha value is -0.560. The molecule has 1 saturated heterocycles. The molecular formula is C12H22N2O. The largest absolute Gasteiger partial charge is 0.378 e. The molecule has 15 heavy (non-hydrogen) atoms. The Morgan fingerprint density at radius 3 is 3.00 bits per heavy atom. The minimum atomic E-state index is 0.342. The topological polar surface area (TPSA) is 47.3 Å². The van der Waals surface area contributed by atoms with Gasteiger partial charge in [0.05, 0.1) is 6.10 Å². The first-order valence-corrected chi connectivity index (χ1v) is 5.84. The minimum Gasteiger partial charge on any atom is -0.378 e. The fraction of sp³-hybridized carbons (Fsp3) is 0.833. The van der Waals surface area contributed by atoms with Gasteiger partial charge in [-0.3, -0.25) is 11.3 Å². The van der Waals surface area contributed by atoms with Crippen LogP contribution in [0.4, 0.5) is 0 Å². The molecule has 2 atom stereocenters. The monoisotopic (exact) mass is 210 g/mol. The molecule has 2 unspecified atom stereocenters. The Labute approximate surface area is 92.7 Å². The molecule has 3 N–H and O–H groups in total. The maximum atomic E-state index is 5.68. The Balaban J connectivity index is 2.21. The summed E-state index contributed by atoms with van der Waals surface area (Å²) in [4.78, 5) is 0. The molecule has 0 aromatic carbocycles. The fourth-order valence-electron chi connectivity index (χ4n) is 1.95. The molecule has 1 aliphatic heterocycles. The first-order valence-electron chi connectivity index (χ1n) is 5.84. The van der Waals surface area contributed by atoms with Crippen LogP contribution in [-0.2, 0) is 4.74 Å². The predicted octanol–water partition coefficient (Wildman–Crippen LogP) is 1.58. The van der Waals surface area contributed by atoms with Gasteiger partial charge in [0.15, 0.2) is 0 Å². The van der Waals surface area contributed by atoms with Crippen molar-refractivity contribution in [2.75, 3.05) is 6.61 Å². The third kappa shape index (κ3) is 5.17. The molecule has 86 valence electrons. The van der Waals surface area contributed by atoms with Gasteiger partial charge in [-0.1, -0.05) is 0 Å². The molecule has 0 amide bonds. The van der Waals surface area contributed by atoms with Crippen LogP contribution in [0.15, 0.2) is 0 Å². The van der Waals surface area contributed by atoms with Crippen molar-refractivity contribution in [3.8, 4) is 11.8 Å². The molecule has 1 heterocycles. The summed E-state index contributed by atoms with van der Waals surface area (Å²) in [6.07, 6.45) is 7.01. The number of hydrogen-bond acceptors (Lipinski definition) is 3. The lowest BCUT2D eigenvalue weighted by Gasteiger charge is -2.26. The highest BCUT2D eigenvalue weighted by atomic mass is 16.5. The van der Waals surface area contributed by atoms with Crippen LogP contribution in [0.2, 0.25) is 0 Å². The summed E-state index contributed by atoms with van der Waals surface area (Å²) in [5.74, 6) is 11.5. The molecule has 0 bridgehead atoms. The molecule has 1 aliphatic rings. The first kappa shape index (κ1) is 12.5. The van der Waals surface area contributed by atoms with E-state index < -0.39 is 0 Å². The van der Waals surface area contributed by atoms with Gasteiger partial charge in [-0.2, -0.15) is 0 Å². The van der Waals surface area contributed by atoms with Gasteiger partial charge >= 0.3 is 0 Å². The zero-order valence-electron chi connectivity index (χ0n) is 9.59. The van der Waals surface area contributed by atoms with E-state index in [1.807, 2.05) is 6.92 Å².